The third-order valence-corrected chi connectivity index (χ3v) is 2.62. The van der Waals surface area contributed by atoms with Crippen molar-refractivity contribution in [3.05, 3.63) is 12.2 Å². The number of carbonyl (C=O) groups is 1. The lowest BCUT2D eigenvalue weighted by Crippen LogP contribution is -2.49. The van der Waals surface area contributed by atoms with Gasteiger partial charge in [0.15, 0.2) is 5.82 Å². The van der Waals surface area contributed by atoms with Crippen molar-refractivity contribution >= 4 is 5.91 Å². The lowest BCUT2D eigenvalue weighted by molar-refractivity contribution is -0.136. The molecule has 0 spiro atoms. The van der Waals surface area contributed by atoms with Crippen molar-refractivity contribution in [2.75, 3.05) is 13.6 Å². The molecule has 1 aromatic rings. The fraction of sp³-hybridized carbons (Fsp3) is 0.667. The smallest absolute Gasteiger partial charge is 0.240 e. The molecule has 0 bridgehead atoms. The summed E-state index contributed by atoms with van der Waals surface area (Å²) in [4.78, 5) is 17.5. The summed E-state index contributed by atoms with van der Waals surface area (Å²) in [5.41, 5.74) is 0. The van der Waals surface area contributed by atoms with Gasteiger partial charge in [0.1, 0.15) is 0 Å². The van der Waals surface area contributed by atoms with Crippen LogP contribution in [0.15, 0.2) is 10.9 Å². The molecule has 1 saturated heterocycles. The van der Waals surface area contributed by atoms with Crippen LogP contribution in [-0.4, -0.2) is 40.6 Å². The molecule has 1 aliphatic heterocycles. The first-order chi connectivity index (χ1) is 7.31. The largest absolute Gasteiger partial charge is 0.343 e. The van der Waals surface area contributed by atoms with Crippen LogP contribution in [0.4, 0.5) is 0 Å². The second-order valence-electron chi connectivity index (χ2n) is 3.59. The van der Waals surface area contributed by atoms with E-state index in [1.807, 2.05) is 0 Å². The standard InChI is InChI=1S/C9H14N4O2/c1-10-7-3-2-4-13(9(7)14)5-8-11-6-15-12-8/h6-7,10H,2-5H2,1H3. The van der Waals surface area contributed by atoms with E-state index in [9.17, 15) is 4.79 Å². The van der Waals surface area contributed by atoms with E-state index in [1.165, 1.54) is 6.39 Å². The molecule has 82 valence electrons. The number of likely N-dealkylation sites (N-methyl/N-ethyl adjacent to an activating group) is 1. The van der Waals surface area contributed by atoms with Crippen molar-refractivity contribution in [1.82, 2.24) is 20.4 Å². The SMILES string of the molecule is CNC1CCCN(Cc2ncon2)C1=O. The minimum absolute atomic E-state index is 0.0642. The number of rotatable bonds is 3. The molecule has 1 N–H and O–H groups in total. The van der Waals surface area contributed by atoms with E-state index in [0.717, 1.165) is 19.4 Å². The van der Waals surface area contributed by atoms with Crippen molar-refractivity contribution in [3.8, 4) is 0 Å². The number of carbonyl (C=O) groups excluding carboxylic acids is 1. The highest BCUT2D eigenvalue weighted by molar-refractivity contribution is 5.82. The summed E-state index contributed by atoms with van der Waals surface area (Å²) < 4.78 is 4.63. The molecule has 6 heteroatoms. The molecular formula is C9H14N4O2. The van der Waals surface area contributed by atoms with Gasteiger partial charge in [-0.2, -0.15) is 4.98 Å². The Morgan fingerprint density at radius 3 is 3.27 bits per heavy atom. The number of hydrogen-bond acceptors (Lipinski definition) is 5. The number of nitrogens with one attached hydrogen (secondary N) is 1. The van der Waals surface area contributed by atoms with Crippen LogP contribution >= 0.6 is 0 Å². The van der Waals surface area contributed by atoms with Crippen LogP contribution in [-0.2, 0) is 11.3 Å². The highest BCUT2D eigenvalue weighted by Gasteiger charge is 2.27. The Kier molecular flexibility index (Phi) is 2.96. The molecule has 0 saturated carbocycles. The van der Waals surface area contributed by atoms with E-state index in [0.29, 0.717) is 12.4 Å². The van der Waals surface area contributed by atoms with E-state index in [4.69, 9.17) is 0 Å². The number of hydrogen-bond donors (Lipinski definition) is 1. The molecule has 6 nitrogen and oxygen atoms in total. The molecule has 1 atom stereocenters. The first kappa shape index (κ1) is 10.1. The van der Waals surface area contributed by atoms with Gasteiger partial charge in [-0.3, -0.25) is 4.79 Å². The van der Waals surface area contributed by atoms with Crippen LogP contribution in [0.3, 0.4) is 0 Å². The third kappa shape index (κ3) is 2.15. The first-order valence-electron chi connectivity index (χ1n) is 5.02. The monoisotopic (exact) mass is 210 g/mol. The average Bonchev–Trinajstić information content (AvgIpc) is 2.74. The Labute approximate surface area is 87.6 Å². The van der Waals surface area contributed by atoms with Gasteiger partial charge in [0.25, 0.3) is 0 Å². The van der Waals surface area contributed by atoms with Gasteiger partial charge in [-0.15, -0.1) is 0 Å². The molecule has 1 fully saturated rings. The fourth-order valence-corrected chi connectivity index (χ4v) is 1.80. The third-order valence-electron chi connectivity index (χ3n) is 2.62. The molecule has 2 heterocycles. The number of amides is 1. The van der Waals surface area contributed by atoms with Gasteiger partial charge >= 0.3 is 0 Å². The van der Waals surface area contributed by atoms with Crippen molar-refractivity contribution < 1.29 is 9.32 Å². The molecule has 15 heavy (non-hydrogen) atoms. The zero-order valence-corrected chi connectivity index (χ0v) is 8.64. The van der Waals surface area contributed by atoms with Crippen LogP contribution in [0.25, 0.3) is 0 Å². The molecule has 2 rings (SSSR count). The second-order valence-corrected chi connectivity index (χ2v) is 3.59. The quantitative estimate of drug-likeness (QED) is 0.746. The molecule has 1 aromatic heterocycles. The Morgan fingerprint density at radius 2 is 2.60 bits per heavy atom. The lowest BCUT2D eigenvalue weighted by atomic mass is 10.1. The van der Waals surface area contributed by atoms with E-state index >= 15 is 0 Å². The molecular weight excluding hydrogens is 196 g/mol. The van der Waals surface area contributed by atoms with Crippen LogP contribution in [0.2, 0.25) is 0 Å². The fourth-order valence-electron chi connectivity index (χ4n) is 1.80. The second kappa shape index (κ2) is 4.39. The number of likely N-dealkylation sites (tertiary alicyclic amines) is 1. The van der Waals surface area contributed by atoms with Crippen molar-refractivity contribution in [2.24, 2.45) is 0 Å². The van der Waals surface area contributed by atoms with Gasteiger partial charge in [0, 0.05) is 6.54 Å². The van der Waals surface area contributed by atoms with Crippen LogP contribution < -0.4 is 5.32 Å². The van der Waals surface area contributed by atoms with Gasteiger partial charge in [-0.1, -0.05) is 5.16 Å². The number of aromatic nitrogens is 2. The first-order valence-corrected chi connectivity index (χ1v) is 5.02. The number of piperidine rings is 1. The van der Waals surface area contributed by atoms with Crippen LogP contribution in [0.5, 0.6) is 0 Å². The topological polar surface area (TPSA) is 71.3 Å². The summed E-state index contributed by atoms with van der Waals surface area (Å²) in [5.74, 6) is 0.675. The normalized spacial score (nSPS) is 22.1. The lowest BCUT2D eigenvalue weighted by Gasteiger charge is -2.31. The van der Waals surface area contributed by atoms with E-state index in [1.54, 1.807) is 11.9 Å². The van der Waals surface area contributed by atoms with Crippen molar-refractivity contribution in [2.45, 2.75) is 25.4 Å². The van der Waals surface area contributed by atoms with Gasteiger partial charge in [0.2, 0.25) is 12.3 Å². The summed E-state index contributed by atoms with van der Waals surface area (Å²) in [7, 11) is 1.81. The Bertz CT molecular complexity index is 325. The Hall–Kier alpha value is -1.43. The average molecular weight is 210 g/mol. The maximum atomic E-state index is 11.9. The molecule has 1 aliphatic rings. The molecule has 1 unspecified atom stereocenters. The van der Waals surface area contributed by atoms with Gasteiger partial charge < -0.3 is 14.7 Å². The highest BCUT2D eigenvalue weighted by atomic mass is 16.5. The van der Waals surface area contributed by atoms with E-state index in [-0.39, 0.29) is 11.9 Å². The zero-order valence-electron chi connectivity index (χ0n) is 8.64. The van der Waals surface area contributed by atoms with E-state index in [2.05, 4.69) is 20.0 Å². The van der Waals surface area contributed by atoms with Crippen molar-refractivity contribution in [3.63, 3.8) is 0 Å². The molecule has 1 amide bonds. The summed E-state index contributed by atoms with van der Waals surface area (Å²) in [5, 5.41) is 6.70. The van der Waals surface area contributed by atoms with E-state index < -0.39 is 0 Å². The predicted octanol–water partition coefficient (Wildman–Crippen LogP) is -0.220. The predicted molar refractivity (Wildman–Crippen MR) is 51.8 cm³/mol. The highest BCUT2D eigenvalue weighted by Crippen LogP contribution is 2.13. The molecule has 0 radical (unpaired) electrons. The Morgan fingerprint density at radius 1 is 1.73 bits per heavy atom. The summed E-state index contributed by atoms with van der Waals surface area (Å²) in [6.07, 6.45) is 3.19. The van der Waals surface area contributed by atoms with Crippen LogP contribution in [0, 0.1) is 0 Å². The minimum atomic E-state index is -0.0642. The maximum Gasteiger partial charge on any atom is 0.240 e. The molecule has 0 aromatic carbocycles. The number of nitrogens with zero attached hydrogens (tertiary/aromatic N) is 3. The summed E-state index contributed by atoms with van der Waals surface area (Å²) in [6.45, 7) is 1.21. The Balaban J connectivity index is 1.99. The molecule has 0 aliphatic carbocycles. The van der Waals surface area contributed by atoms with Crippen LogP contribution in [0.1, 0.15) is 18.7 Å². The van der Waals surface area contributed by atoms with Crippen molar-refractivity contribution in [1.29, 1.82) is 0 Å². The minimum Gasteiger partial charge on any atom is -0.343 e. The van der Waals surface area contributed by atoms with Gasteiger partial charge in [-0.25, -0.2) is 0 Å². The maximum absolute atomic E-state index is 11.9. The van der Waals surface area contributed by atoms with Gasteiger partial charge in [0.05, 0.1) is 12.6 Å². The summed E-state index contributed by atoms with van der Waals surface area (Å²) >= 11 is 0. The van der Waals surface area contributed by atoms with Gasteiger partial charge in [-0.05, 0) is 19.9 Å². The zero-order chi connectivity index (χ0) is 10.7. The summed E-state index contributed by atoms with van der Waals surface area (Å²) in [6, 6.07) is -0.0642.